The molecule has 1 aromatic heterocycles. The molecule has 2 aromatic rings. The average molecular weight is 362 g/mol. The summed E-state index contributed by atoms with van der Waals surface area (Å²) < 4.78 is 0. The number of hydrogen-bond acceptors (Lipinski definition) is 4. The Morgan fingerprint density at radius 3 is 2.48 bits per heavy atom. The van der Waals surface area contributed by atoms with Gasteiger partial charge in [-0.1, -0.05) is 29.8 Å². The van der Waals surface area contributed by atoms with Crippen LogP contribution < -0.4 is 5.73 Å². The van der Waals surface area contributed by atoms with Crippen molar-refractivity contribution in [1.29, 1.82) is 0 Å². The summed E-state index contributed by atoms with van der Waals surface area (Å²) in [5.74, 6) is 1.54. The second kappa shape index (κ2) is 6.34. The van der Waals surface area contributed by atoms with Crippen LogP contribution in [0.1, 0.15) is 40.2 Å². The first kappa shape index (κ1) is 16.8. The van der Waals surface area contributed by atoms with Crippen LogP contribution >= 0.6 is 0 Å². The van der Waals surface area contributed by atoms with E-state index in [0.717, 1.165) is 6.54 Å². The number of nitrogens with zero attached hydrogens (tertiary/aromatic N) is 3. The van der Waals surface area contributed by atoms with Crippen LogP contribution in [0, 0.1) is 12.8 Å². The molecular formula is C22H26N4O. The summed E-state index contributed by atoms with van der Waals surface area (Å²) in [6.45, 7) is 5.24. The first-order valence-electron chi connectivity index (χ1n) is 9.95. The van der Waals surface area contributed by atoms with Gasteiger partial charge in [0.15, 0.2) is 0 Å². The number of amides is 1. The van der Waals surface area contributed by atoms with Crippen LogP contribution in [-0.4, -0.2) is 52.4 Å². The number of piperidine rings is 3. The van der Waals surface area contributed by atoms with Gasteiger partial charge < -0.3 is 10.6 Å². The summed E-state index contributed by atoms with van der Waals surface area (Å²) in [7, 11) is 0. The van der Waals surface area contributed by atoms with Gasteiger partial charge in [0.05, 0.1) is 11.6 Å². The smallest absolute Gasteiger partial charge is 0.255 e. The standard InChI is InChI=1S/C22H26N4O/c1-14-2-4-15(5-3-14)18-13-26(22(27)17-6-7-19(23)24-12-17)20-16-8-10-25(11-9-16)21(18)20/h2-7,12,16,18,20-21H,8-11,13H2,1H3,(H2,23,24)/t18-,20-,21-/m0/s1. The molecule has 27 heavy (non-hydrogen) atoms. The van der Waals surface area contributed by atoms with Crippen molar-refractivity contribution in [2.75, 3.05) is 25.4 Å². The summed E-state index contributed by atoms with van der Waals surface area (Å²) in [4.78, 5) is 22.2. The van der Waals surface area contributed by atoms with E-state index < -0.39 is 0 Å². The fourth-order valence-corrected chi connectivity index (χ4v) is 5.46. The third kappa shape index (κ3) is 2.72. The third-order valence-corrected chi connectivity index (χ3v) is 6.79. The van der Waals surface area contributed by atoms with Crippen molar-refractivity contribution in [2.45, 2.75) is 37.8 Å². The summed E-state index contributed by atoms with van der Waals surface area (Å²) in [5, 5.41) is 0. The van der Waals surface area contributed by atoms with Crippen LogP contribution in [0.25, 0.3) is 0 Å². The van der Waals surface area contributed by atoms with Crippen molar-refractivity contribution >= 4 is 11.7 Å². The highest BCUT2D eigenvalue weighted by Crippen LogP contribution is 2.46. The Kier molecular flexibility index (Phi) is 3.93. The van der Waals surface area contributed by atoms with Gasteiger partial charge in [-0.25, -0.2) is 4.98 Å². The summed E-state index contributed by atoms with van der Waals surface area (Å²) >= 11 is 0. The van der Waals surface area contributed by atoms with E-state index in [2.05, 4.69) is 46.0 Å². The van der Waals surface area contributed by atoms with Crippen molar-refractivity contribution in [2.24, 2.45) is 5.92 Å². The molecule has 0 unspecified atom stereocenters. The van der Waals surface area contributed by atoms with E-state index in [1.54, 1.807) is 18.3 Å². The number of nitrogen functional groups attached to an aromatic ring is 1. The molecule has 140 valence electrons. The lowest BCUT2D eigenvalue weighted by atomic mass is 9.75. The number of likely N-dealkylation sites (tertiary alicyclic amines) is 1. The molecule has 0 radical (unpaired) electrons. The highest BCUT2D eigenvalue weighted by Gasteiger charge is 2.54. The van der Waals surface area contributed by atoms with Gasteiger partial charge in [0.1, 0.15) is 5.82 Å². The van der Waals surface area contributed by atoms with E-state index in [1.165, 1.54) is 37.1 Å². The van der Waals surface area contributed by atoms with Gasteiger partial charge in [0.25, 0.3) is 5.91 Å². The molecule has 5 nitrogen and oxygen atoms in total. The Bertz CT molecular complexity index is 840. The Morgan fingerprint density at radius 2 is 1.81 bits per heavy atom. The molecule has 2 N–H and O–H groups in total. The van der Waals surface area contributed by atoms with Gasteiger partial charge in [-0.15, -0.1) is 0 Å². The number of carbonyl (C=O) groups excluding carboxylic acids is 1. The van der Waals surface area contributed by atoms with Gasteiger partial charge in [0.2, 0.25) is 0 Å². The number of nitrogens with two attached hydrogens (primary N) is 1. The quantitative estimate of drug-likeness (QED) is 0.892. The predicted octanol–water partition coefficient (Wildman–Crippen LogP) is 2.67. The number of carbonyl (C=O) groups is 1. The number of rotatable bonds is 2. The molecule has 3 atom stereocenters. The van der Waals surface area contributed by atoms with E-state index >= 15 is 0 Å². The fourth-order valence-electron chi connectivity index (χ4n) is 5.46. The number of anilines is 1. The predicted molar refractivity (Wildman–Crippen MR) is 105 cm³/mol. The molecule has 0 saturated carbocycles. The number of hydrogen-bond donors (Lipinski definition) is 1. The van der Waals surface area contributed by atoms with Crippen molar-refractivity contribution in [3.63, 3.8) is 0 Å². The Morgan fingerprint density at radius 1 is 1.07 bits per heavy atom. The second-order valence-electron chi connectivity index (χ2n) is 8.30. The summed E-state index contributed by atoms with van der Waals surface area (Å²) in [6.07, 6.45) is 4.02. The zero-order valence-corrected chi connectivity index (χ0v) is 15.7. The lowest BCUT2D eigenvalue weighted by Crippen LogP contribution is -2.60. The molecule has 0 aliphatic carbocycles. The van der Waals surface area contributed by atoms with Crippen LogP contribution in [0.3, 0.4) is 0 Å². The lowest BCUT2D eigenvalue weighted by Gasteiger charge is -2.51. The maximum Gasteiger partial charge on any atom is 0.255 e. The highest BCUT2D eigenvalue weighted by molar-refractivity contribution is 5.94. The first-order valence-corrected chi connectivity index (χ1v) is 9.95. The molecule has 6 rings (SSSR count). The number of fused-ring (bicyclic) bond motifs is 2. The van der Waals surface area contributed by atoms with Crippen molar-refractivity contribution < 1.29 is 4.79 Å². The van der Waals surface area contributed by atoms with E-state index in [-0.39, 0.29) is 5.91 Å². The second-order valence-corrected chi connectivity index (χ2v) is 8.30. The van der Waals surface area contributed by atoms with Crippen LogP contribution in [0.2, 0.25) is 0 Å². The Hall–Kier alpha value is -2.40. The topological polar surface area (TPSA) is 62.5 Å². The van der Waals surface area contributed by atoms with Crippen LogP contribution in [0.15, 0.2) is 42.6 Å². The maximum absolute atomic E-state index is 13.3. The van der Waals surface area contributed by atoms with Gasteiger partial charge in [-0.3, -0.25) is 9.69 Å². The van der Waals surface area contributed by atoms with Gasteiger partial charge >= 0.3 is 0 Å². The number of benzene rings is 1. The SMILES string of the molecule is Cc1ccc([C@@H]2CN(C(=O)c3ccc(N)nc3)[C@H]3C4CCN(CC4)[C@@H]23)cc1. The minimum atomic E-state index is 0.0980. The molecule has 4 aliphatic rings. The minimum Gasteiger partial charge on any atom is -0.384 e. The molecule has 5 heteroatoms. The van der Waals surface area contributed by atoms with Gasteiger partial charge in [-0.2, -0.15) is 0 Å². The highest BCUT2D eigenvalue weighted by atomic mass is 16.2. The summed E-state index contributed by atoms with van der Waals surface area (Å²) in [6, 6.07) is 13.1. The molecule has 1 amide bonds. The first-order chi connectivity index (χ1) is 13.1. The largest absolute Gasteiger partial charge is 0.384 e. The van der Waals surface area contributed by atoms with E-state index in [4.69, 9.17) is 5.73 Å². The van der Waals surface area contributed by atoms with E-state index in [1.807, 2.05) is 0 Å². The normalized spacial score (nSPS) is 31.7. The minimum absolute atomic E-state index is 0.0980. The van der Waals surface area contributed by atoms with Gasteiger partial charge in [0, 0.05) is 24.7 Å². The maximum atomic E-state index is 13.3. The van der Waals surface area contributed by atoms with Crippen molar-refractivity contribution in [1.82, 2.24) is 14.8 Å². The number of pyridine rings is 1. The van der Waals surface area contributed by atoms with Crippen LogP contribution in [-0.2, 0) is 0 Å². The Balaban J connectivity index is 1.51. The lowest BCUT2D eigenvalue weighted by molar-refractivity contribution is -0.00341. The van der Waals surface area contributed by atoms with Crippen LogP contribution in [0.5, 0.6) is 0 Å². The Labute approximate surface area is 160 Å². The van der Waals surface area contributed by atoms with Crippen LogP contribution in [0.4, 0.5) is 5.82 Å². The third-order valence-electron chi connectivity index (χ3n) is 6.79. The van der Waals surface area contributed by atoms with E-state index in [0.29, 0.717) is 35.3 Å². The molecular weight excluding hydrogens is 336 g/mol. The fraction of sp³-hybridized carbons (Fsp3) is 0.455. The number of aromatic nitrogens is 1. The molecule has 4 fully saturated rings. The van der Waals surface area contributed by atoms with E-state index in [9.17, 15) is 4.79 Å². The van der Waals surface area contributed by atoms with Crippen molar-refractivity contribution in [3.05, 3.63) is 59.3 Å². The van der Waals surface area contributed by atoms with Gasteiger partial charge in [-0.05, 0) is 56.5 Å². The van der Waals surface area contributed by atoms with Crippen molar-refractivity contribution in [3.8, 4) is 0 Å². The average Bonchev–Trinajstić information content (AvgIpc) is 3.12. The molecule has 5 heterocycles. The molecule has 4 saturated heterocycles. The molecule has 2 bridgehead atoms. The zero-order valence-electron chi connectivity index (χ0n) is 15.7. The zero-order chi connectivity index (χ0) is 18.5. The number of aryl methyl sites for hydroxylation is 1. The molecule has 4 aliphatic heterocycles. The molecule has 1 aromatic carbocycles. The summed E-state index contributed by atoms with van der Waals surface area (Å²) in [5.41, 5.74) is 8.98. The molecule has 0 spiro atoms. The monoisotopic (exact) mass is 362 g/mol.